The van der Waals surface area contributed by atoms with Gasteiger partial charge >= 0.3 is 0 Å². The lowest BCUT2D eigenvalue weighted by Gasteiger charge is -2.11. The first-order valence-electron chi connectivity index (χ1n) is 3.92. The van der Waals surface area contributed by atoms with Crippen LogP contribution in [0, 0.1) is 5.92 Å². The van der Waals surface area contributed by atoms with Gasteiger partial charge in [0, 0.05) is 13.7 Å². The molecule has 2 unspecified atom stereocenters. The molecule has 0 bridgehead atoms. The summed E-state index contributed by atoms with van der Waals surface area (Å²) in [4.78, 5) is 12.6. The van der Waals surface area contributed by atoms with Crippen molar-refractivity contribution in [2.75, 3.05) is 27.3 Å². The van der Waals surface area contributed by atoms with E-state index < -0.39 is 0 Å². The fraction of sp³-hybridized carbons (Fsp3) is 0.875. The van der Waals surface area contributed by atoms with Crippen molar-refractivity contribution in [1.29, 1.82) is 0 Å². The van der Waals surface area contributed by atoms with Crippen molar-refractivity contribution in [2.45, 2.75) is 12.5 Å². The summed E-state index contributed by atoms with van der Waals surface area (Å²) in [5.74, 6) is 0.542. The Hall–Kier alpha value is -0.410. The van der Waals surface area contributed by atoms with Crippen LogP contribution in [-0.4, -0.2) is 44.5 Å². The van der Waals surface area contributed by atoms with Crippen LogP contribution in [0.1, 0.15) is 6.42 Å². The molecular weight excluding hydrogens is 142 g/mol. The Labute approximate surface area is 67.3 Å². The Morgan fingerprint density at radius 3 is 2.91 bits per heavy atom. The number of nitrogens with zero attached hydrogens (tertiary/aromatic N) is 1. The molecule has 3 nitrogen and oxygen atoms in total. The zero-order valence-electron chi connectivity index (χ0n) is 7.12. The molecule has 2 atom stereocenters. The molecular formula is C8H15NO2. The first kappa shape index (κ1) is 8.68. The van der Waals surface area contributed by atoms with Gasteiger partial charge in [-0.3, -0.25) is 4.90 Å². The number of likely N-dealkylation sites (tertiary alicyclic amines) is 1. The van der Waals surface area contributed by atoms with E-state index in [9.17, 15) is 4.79 Å². The summed E-state index contributed by atoms with van der Waals surface area (Å²) in [5, 5.41) is 0. The Kier molecular flexibility index (Phi) is 3.02. The Morgan fingerprint density at radius 2 is 2.45 bits per heavy atom. The molecule has 0 N–H and O–H groups in total. The maximum absolute atomic E-state index is 10.5. The van der Waals surface area contributed by atoms with Crippen LogP contribution in [0.15, 0.2) is 0 Å². The summed E-state index contributed by atoms with van der Waals surface area (Å²) in [6.07, 6.45) is 1.98. The van der Waals surface area contributed by atoms with Gasteiger partial charge in [0.1, 0.15) is 6.29 Å². The summed E-state index contributed by atoms with van der Waals surface area (Å²) in [6, 6.07) is 0.121. The lowest BCUT2D eigenvalue weighted by molar-refractivity contribution is -0.111. The number of hydrogen-bond acceptors (Lipinski definition) is 3. The lowest BCUT2D eigenvalue weighted by atomic mass is 10.1. The number of aldehydes is 1. The second-order valence-electron chi connectivity index (χ2n) is 3.20. The van der Waals surface area contributed by atoms with Crippen LogP contribution in [0.25, 0.3) is 0 Å². The first-order chi connectivity index (χ1) is 5.27. The zero-order valence-corrected chi connectivity index (χ0v) is 7.12. The molecule has 0 aromatic heterocycles. The molecule has 1 aliphatic rings. The van der Waals surface area contributed by atoms with E-state index in [1.54, 1.807) is 7.11 Å². The smallest absolute Gasteiger partial charge is 0.137 e. The van der Waals surface area contributed by atoms with Gasteiger partial charge in [0.05, 0.1) is 12.6 Å². The highest BCUT2D eigenvalue weighted by Gasteiger charge is 2.28. The van der Waals surface area contributed by atoms with Gasteiger partial charge in [-0.15, -0.1) is 0 Å². The molecule has 1 fully saturated rings. The standard InChI is InChI=1S/C8H15NO2/c1-9-4-7(6-11-2)3-8(9)5-10/h5,7-8H,3-4,6H2,1-2H3. The number of hydrogen-bond donors (Lipinski definition) is 0. The molecule has 1 rings (SSSR count). The van der Waals surface area contributed by atoms with Crippen LogP contribution >= 0.6 is 0 Å². The van der Waals surface area contributed by atoms with Gasteiger partial charge in [-0.25, -0.2) is 0 Å². The van der Waals surface area contributed by atoms with Crippen LogP contribution in [0.4, 0.5) is 0 Å². The molecule has 0 radical (unpaired) electrons. The van der Waals surface area contributed by atoms with E-state index in [0.717, 1.165) is 25.9 Å². The van der Waals surface area contributed by atoms with Gasteiger partial charge in [-0.1, -0.05) is 0 Å². The molecule has 3 heteroatoms. The average Bonchev–Trinajstić information content (AvgIpc) is 2.32. The Morgan fingerprint density at radius 1 is 1.73 bits per heavy atom. The summed E-state index contributed by atoms with van der Waals surface area (Å²) in [5.41, 5.74) is 0. The third-order valence-electron chi connectivity index (χ3n) is 2.25. The lowest BCUT2D eigenvalue weighted by Crippen LogP contribution is -2.25. The largest absolute Gasteiger partial charge is 0.384 e. The molecule has 0 aromatic carbocycles. The summed E-state index contributed by atoms with van der Waals surface area (Å²) >= 11 is 0. The van der Waals surface area contributed by atoms with Gasteiger partial charge in [0.2, 0.25) is 0 Å². The van der Waals surface area contributed by atoms with Gasteiger partial charge in [-0.2, -0.15) is 0 Å². The van der Waals surface area contributed by atoms with Crippen LogP contribution < -0.4 is 0 Å². The van der Waals surface area contributed by atoms with Crippen LogP contribution in [-0.2, 0) is 9.53 Å². The minimum Gasteiger partial charge on any atom is -0.384 e. The van der Waals surface area contributed by atoms with E-state index in [1.807, 2.05) is 7.05 Å². The predicted octanol–water partition coefficient (Wildman–Crippen LogP) is 0.152. The van der Waals surface area contributed by atoms with Gasteiger partial charge < -0.3 is 9.53 Å². The van der Waals surface area contributed by atoms with Crippen molar-refractivity contribution in [1.82, 2.24) is 4.90 Å². The van der Waals surface area contributed by atoms with Gasteiger partial charge in [0.25, 0.3) is 0 Å². The fourth-order valence-corrected chi connectivity index (χ4v) is 1.65. The Bertz CT molecular complexity index is 138. The van der Waals surface area contributed by atoms with Crippen molar-refractivity contribution >= 4 is 6.29 Å². The highest BCUT2D eigenvalue weighted by molar-refractivity contribution is 5.58. The number of carbonyl (C=O) groups is 1. The fourth-order valence-electron chi connectivity index (χ4n) is 1.65. The number of likely N-dealkylation sites (N-methyl/N-ethyl adjacent to an activating group) is 1. The van der Waals surface area contributed by atoms with Gasteiger partial charge in [-0.05, 0) is 19.4 Å². The SMILES string of the molecule is COCC1CC(C=O)N(C)C1. The quantitative estimate of drug-likeness (QED) is 0.546. The third-order valence-corrected chi connectivity index (χ3v) is 2.25. The van der Waals surface area contributed by atoms with Crippen molar-refractivity contribution in [3.8, 4) is 0 Å². The van der Waals surface area contributed by atoms with Crippen LogP contribution in [0.5, 0.6) is 0 Å². The molecule has 1 saturated heterocycles. The minimum absolute atomic E-state index is 0.121. The van der Waals surface area contributed by atoms with Crippen molar-refractivity contribution in [2.24, 2.45) is 5.92 Å². The number of methoxy groups -OCH3 is 1. The molecule has 0 spiro atoms. The summed E-state index contributed by atoms with van der Waals surface area (Å²) < 4.78 is 5.02. The molecule has 0 amide bonds. The van der Waals surface area contributed by atoms with E-state index in [0.29, 0.717) is 5.92 Å². The minimum atomic E-state index is 0.121. The topological polar surface area (TPSA) is 29.5 Å². The van der Waals surface area contributed by atoms with Crippen molar-refractivity contribution in [3.63, 3.8) is 0 Å². The summed E-state index contributed by atoms with van der Waals surface area (Å²) in [6.45, 7) is 1.76. The van der Waals surface area contributed by atoms with Crippen LogP contribution in [0.3, 0.4) is 0 Å². The first-order valence-corrected chi connectivity index (χ1v) is 3.92. The number of rotatable bonds is 3. The second kappa shape index (κ2) is 3.83. The molecule has 11 heavy (non-hydrogen) atoms. The van der Waals surface area contributed by atoms with Crippen molar-refractivity contribution < 1.29 is 9.53 Å². The summed E-state index contributed by atoms with van der Waals surface area (Å²) in [7, 11) is 3.68. The normalized spacial score (nSPS) is 32.5. The average molecular weight is 157 g/mol. The molecule has 0 saturated carbocycles. The number of carbonyl (C=O) groups excluding carboxylic acids is 1. The van der Waals surface area contributed by atoms with E-state index in [1.165, 1.54) is 0 Å². The molecule has 0 aromatic rings. The third kappa shape index (κ3) is 2.01. The van der Waals surface area contributed by atoms with Crippen LogP contribution in [0.2, 0.25) is 0 Å². The number of ether oxygens (including phenoxy) is 1. The Balaban J connectivity index is 2.36. The monoisotopic (exact) mass is 157 g/mol. The van der Waals surface area contributed by atoms with Gasteiger partial charge in [0.15, 0.2) is 0 Å². The molecule has 0 aliphatic carbocycles. The van der Waals surface area contributed by atoms with E-state index in [4.69, 9.17) is 4.74 Å². The molecule has 1 aliphatic heterocycles. The van der Waals surface area contributed by atoms with E-state index >= 15 is 0 Å². The predicted molar refractivity (Wildman–Crippen MR) is 42.5 cm³/mol. The van der Waals surface area contributed by atoms with E-state index in [2.05, 4.69) is 4.90 Å². The molecule has 64 valence electrons. The van der Waals surface area contributed by atoms with Crippen molar-refractivity contribution in [3.05, 3.63) is 0 Å². The highest BCUT2D eigenvalue weighted by Crippen LogP contribution is 2.19. The maximum Gasteiger partial charge on any atom is 0.137 e. The molecule has 1 heterocycles. The maximum atomic E-state index is 10.5. The highest BCUT2D eigenvalue weighted by atomic mass is 16.5. The van der Waals surface area contributed by atoms with E-state index in [-0.39, 0.29) is 6.04 Å². The second-order valence-corrected chi connectivity index (χ2v) is 3.20. The zero-order chi connectivity index (χ0) is 8.27.